The summed E-state index contributed by atoms with van der Waals surface area (Å²) in [7, 11) is 0. The summed E-state index contributed by atoms with van der Waals surface area (Å²) in [6.07, 6.45) is 10.0. The van der Waals surface area contributed by atoms with Crippen LogP contribution in [0.3, 0.4) is 0 Å². The number of halogens is 3. The van der Waals surface area contributed by atoms with Gasteiger partial charge in [0.05, 0.1) is 5.39 Å². The van der Waals surface area contributed by atoms with Crippen molar-refractivity contribution >= 4 is 10.8 Å². The SMILES string of the molecule is CCCC1CCC2CC(c3cc(F)c4c(F)c(F)ccc4c3)CCC2C1. The van der Waals surface area contributed by atoms with E-state index >= 15 is 0 Å². The molecule has 140 valence electrons. The molecule has 0 amide bonds. The minimum absolute atomic E-state index is 0.220. The molecule has 0 saturated heterocycles. The zero-order chi connectivity index (χ0) is 18.3. The van der Waals surface area contributed by atoms with Gasteiger partial charge in [-0.15, -0.1) is 0 Å². The van der Waals surface area contributed by atoms with Crippen molar-refractivity contribution in [2.24, 2.45) is 17.8 Å². The first-order chi connectivity index (χ1) is 12.6. The normalized spacial score (nSPS) is 28.9. The van der Waals surface area contributed by atoms with Gasteiger partial charge in [-0.05, 0) is 78.9 Å². The molecule has 4 rings (SSSR count). The minimum Gasteiger partial charge on any atom is -0.206 e. The van der Waals surface area contributed by atoms with E-state index in [-0.39, 0.29) is 5.39 Å². The van der Waals surface area contributed by atoms with E-state index in [1.807, 2.05) is 6.07 Å². The first-order valence-electron chi connectivity index (χ1n) is 10.1. The van der Waals surface area contributed by atoms with E-state index < -0.39 is 17.5 Å². The maximum Gasteiger partial charge on any atom is 0.169 e. The Morgan fingerprint density at radius 3 is 2.46 bits per heavy atom. The first kappa shape index (κ1) is 17.9. The van der Waals surface area contributed by atoms with Crippen molar-refractivity contribution in [2.75, 3.05) is 0 Å². The molecule has 0 N–H and O–H groups in total. The van der Waals surface area contributed by atoms with Crippen LogP contribution in [0.1, 0.15) is 69.8 Å². The summed E-state index contributed by atoms with van der Waals surface area (Å²) in [6, 6.07) is 5.89. The van der Waals surface area contributed by atoms with Gasteiger partial charge in [-0.2, -0.15) is 0 Å². The van der Waals surface area contributed by atoms with Gasteiger partial charge in [-0.25, -0.2) is 13.2 Å². The molecule has 2 fully saturated rings. The van der Waals surface area contributed by atoms with E-state index in [2.05, 4.69) is 6.92 Å². The minimum atomic E-state index is -1.08. The topological polar surface area (TPSA) is 0 Å². The summed E-state index contributed by atoms with van der Waals surface area (Å²) < 4.78 is 41.9. The van der Waals surface area contributed by atoms with E-state index in [0.29, 0.717) is 11.3 Å². The standard InChI is InChI=1S/C23H27F3/c1-2-3-14-4-5-16-11-17(7-6-15(16)10-14)19-12-18-8-9-20(24)23(26)22(18)21(25)13-19/h8-9,12-17H,2-7,10-11H2,1H3. The van der Waals surface area contributed by atoms with Crippen molar-refractivity contribution < 1.29 is 13.2 Å². The largest absolute Gasteiger partial charge is 0.206 e. The average molecular weight is 360 g/mol. The van der Waals surface area contributed by atoms with Gasteiger partial charge in [-0.1, -0.05) is 38.3 Å². The maximum atomic E-state index is 14.5. The molecule has 2 aromatic rings. The highest BCUT2D eigenvalue weighted by atomic mass is 19.2. The second-order valence-corrected chi connectivity index (χ2v) is 8.46. The third-order valence-corrected chi connectivity index (χ3v) is 6.87. The molecule has 2 aliphatic rings. The molecule has 0 radical (unpaired) electrons. The van der Waals surface area contributed by atoms with E-state index in [9.17, 15) is 13.2 Å². The highest BCUT2D eigenvalue weighted by Crippen LogP contribution is 2.48. The highest BCUT2D eigenvalue weighted by Gasteiger charge is 2.36. The lowest BCUT2D eigenvalue weighted by Gasteiger charge is -2.42. The lowest BCUT2D eigenvalue weighted by Crippen LogP contribution is -2.30. The average Bonchev–Trinajstić information content (AvgIpc) is 2.64. The number of benzene rings is 2. The molecule has 2 aromatic carbocycles. The van der Waals surface area contributed by atoms with Crippen molar-refractivity contribution in [1.29, 1.82) is 0 Å². The van der Waals surface area contributed by atoms with Crippen molar-refractivity contribution in [3.8, 4) is 0 Å². The van der Waals surface area contributed by atoms with E-state index in [0.717, 1.165) is 42.2 Å². The molecular weight excluding hydrogens is 333 g/mol. The zero-order valence-corrected chi connectivity index (χ0v) is 15.4. The van der Waals surface area contributed by atoms with Gasteiger partial charge in [-0.3, -0.25) is 0 Å². The van der Waals surface area contributed by atoms with Crippen molar-refractivity contribution in [3.63, 3.8) is 0 Å². The summed E-state index contributed by atoms with van der Waals surface area (Å²) in [6.45, 7) is 2.27. The zero-order valence-electron chi connectivity index (χ0n) is 15.4. The molecular formula is C23H27F3. The first-order valence-corrected chi connectivity index (χ1v) is 10.1. The molecule has 4 unspecified atom stereocenters. The Morgan fingerprint density at radius 1 is 0.885 bits per heavy atom. The van der Waals surface area contributed by atoms with Crippen LogP contribution in [0.2, 0.25) is 0 Å². The van der Waals surface area contributed by atoms with Crippen molar-refractivity contribution in [1.82, 2.24) is 0 Å². The third kappa shape index (κ3) is 3.25. The molecule has 0 nitrogen and oxygen atoms in total. The van der Waals surface area contributed by atoms with E-state index in [1.54, 1.807) is 0 Å². The number of hydrogen-bond donors (Lipinski definition) is 0. The lowest BCUT2D eigenvalue weighted by molar-refractivity contribution is 0.114. The van der Waals surface area contributed by atoms with Crippen LogP contribution in [0.5, 0.6) is 0 Å². The molecule has 0 spiro atoms. The summed E-state index contributed by atoms with van der Waals surface area (Å²) in [5.41, 5.74) is 0.954. The van der Waals surface area contributed by atoms with Crippen LogP contribution in [0.25, 0.3) is 10.8 Å². The van der Waals surface area contributed by atoms with Crippen LogP contribution in [0.4, 0.5) is 13.2 Å². The highest BCUT2D eigenvalue weighted by molar-refractivity contribution is 5.84. The molecule has 0 heterocycles. The Bertz CT molecular complexity index is 798. The van der Waals surface area contributed by atoms with Gasteiger partial charge >= 0.3 is 0 Å². The fourth-order valence-corrected chi connectivity index (χ4v) is 5.56. The molecule has 0 bridgehead atoms. The third-order valence-electron chi connectivity index (χ3n) is 6.87. The van der Waals surface area contributed by atoms with Gasteiger partial charge in [0.1, 0.15) is 5.82 Å². The summed E-state index contributed by atoms with van der Waals surface area (Å²) in [5, 5.41) is 0.246. The Hall–Kier alpha value is -1.51. The molecule has 2 saturated carbocycles. The Kier molecular flexibility index (Phi) is 4.98. The quantitative estimate of drug-likeness (QED) is 0.536. The fourth-order valence-electron chi connectivity index (χ4n) is 5.56. The second kappa shape index (κ2) is 7.25. The number of hydrogen-bond acceptors (Lipinski definition) is 0. The summed E-state index contributed by atoms with van der Waals surface area (Å²) >= 11 is 0. The van der Waals surface area contributed by atoms with E-state index in [1.165, 1.54) is 50.7 Å². The van der Waals surface area contributed by atoms with E-state index in [4.69, 9.17) is 0 Å². The van der Waals surface area contributed by atoms with Gasteiger partial charge in [0.25, 0.3) is 0 Å². The number of fused-ring (bicyclic) bond motifs is 2. The molecule has 4 atom stereocenters. The maximum absolute atomic E-state index is 14.5. The van der Waals surface area contributed by atoms with Crippen LogP contribution in [0, 0.1) is 35.2 Å². The lowest BCUT2D eigenvalue weighted by atomic mass is 9.63. The van der Waals surface area contributed by atoms with Crippen molar-refractivity contribution in [3.05, 3.63) is 47.3 Å². The van der Waals surface area contributed by atoms with Gasteiger partial charge in [0, 0.05) is 0 Å². The predicted molar refractivity (Wildman–Crippen MR) is 99.6 cm³/mol. The van der Waals surface area contributed by atoms with Gasteiger partial charge in [0.15, 0.2) is 11.6 Å². The smallest absolute Gasteiger partial charge is 0.169 e. The Balaban J connectivity index is 1.55. The molecule has 0 aromatic heterocycles. The monoisotopic (exact) mass is 360 g/mol. The number of rotatable bonds is 3. The Morgan fingerprint density at radius 2 is 1.65 bits per heavy atom. The summed E-state index contributed by atoms with van der Waals surface area (Å²) in [4.78, 5) is 0. The van der Waals surface area contributed by atoms with Crippen LogP contribution >= 0.6 is 0 Å². The van der Waals surface area contributed by atoms with Gasteiger partial charge < -0.3 is 0 Å². The predicted octanol–water partition coefficient (Wildman–Crippen LogP) is 7.36. The molecule has 0 aliphatic heterocycles. The Labute approximate surface area is 153 Å². The second-order valence-electron chi connectivity index (χ2n) is 8.46. The molecule has 3 heteroatoms. The summed E-state index contributed by atoms with van der Waals surface area (Å²) in [5.74, 6) is 0.0972. The molecule has 26 heavy (non-hydrogen) atoms. The van der Waals surface area contributed by atoms with Gasteiger partial charge in [0.2, 0.25) is 0 Å². The van der Waals surface area contributed by atoms with Crippen molar-refractivity contribution in [2.45, 2.75) is 64.2 Å². The van der Waals surface area contributed by atoms with Crippen LogP contribution in [-0.2, 0) is 0 Å². The van der Waals surface area contributed by atoms with Crippen LogP contribution in [0.15, 0.2) is 24.3 Å². The molecule has 2 aliphatic carbocycles. The fraction of sp³-hybridized carbons (Fsp3) is 0.565. The van der Waals surface area contributed by atoms with Crippen LogP contribution in [-0.4, -0.2) is 0 Å². The van der Waals surface area contributed by atoms with Crippen LogP contribution < -0.4 is 0 Å².